The van der Waals surface area contributed by atoms with Crippen molar-refractivity contribution in [3.05, 3.63) is 53.3 Å². The molecule has 5 heteroatoms. The Morgan fingerprint density at radius 3 is 2.52 bits per heavy atom. The second-order valence-electron chi connectivity index (χ2n) is 4.68. The van der Waals surface area contributed by atoms with E-state index in [1.54, 1.807) is 13.0 Å². The van der Waals surface area contributed by atoms with E-state index in [4.69, 9.17) is 0 Å². The van der Waals surface area contributed by atoms with Gasteiger partial charge in [-0.1, -0.05) is 6.07 Å². The quantitative estimate of drug-likeness (QED) is 0.912. The summed E-state index contributed by atoms with van der Waals surface area (Å²) < 4.78 is 13.0. The van der Waals surface area contributed by atoms with Crippen LogP contribution >= 0.6 is 0 Å². The summed E-state index contributed by atoms with van der Waals surface area (Å²) in [6.07, 6.45) is 0. The van der Waals surface area contributed by atoms with E-state index in [1.807, 2.05) is 6.92 Å². The fraction of sp³-hybridized carbons (Fsp3) is 0.188. The second kappa shape index (κ2) is 5.83. The second-order valence-corrected chi connectivity index (χ2v) is 4.68. The lowest BCUT2D eigenvalue weighted by molar-refractivity contribution is 0.0985. The van der Waals surface area contributed by atoms with Crippen LogP contribution in [0.3, 0.4) is 0 Å². The molecule has 0 aliphatic rings. The van der Waals surface area contributed by atoms with Crippen LogP contribution in [-0.2, 0) is 0 Å². The highest BCUT2D eigenvalue weighted by Gasteiger charge is 2.21. The molecule has 4 nitrogen and oxygen atoms in total. The van der Waals surface area contributed by atoms with Gasteiger partial charge in [-0.25, -0.2) is 4.39 Å². The largest absolute Gasteiger partial charge is 0.508 e. The summed E-state index contributed by atoms with van der Waals surface area (Å²) in [6, 6.07) is 7.98. The highest BCUT2D eigenvalue weighted by atomic mass is 19.1. The highest BCUT2D eigenvalue weighted by Crippen LogP contribution is 2.28. The molecule has 0 aliphatic carbocycles. The number of carbonyl (C=O) groups excluding carboxylic acids is 1. The Bertz CT molecular complexity index is 685. The van der Waals surface area contributed by atoms with E-state index in [9.17, 15) is 19.4 Å². The average Bonchev–Trinajstić information content (AvgIpc) is 2.43. The standard InChI is InChI=1S/C16H16FNO3/c1-3-18(14-9-12(19)6-4-10(14)2)16(21)13-7-5-11(17)8-15(13)20/h4-9,19-20H,3H2,1-2H3. The van der Waals surface area contributed by atoms with E-state index in [-0.39, 0.29) is 11.3 Å². The summed E-state index contributed by atoms with van der Waals surface area (Å²) in [5, 5.41) is 19.3. The number of hydrogen-bond donors (Lipinski definition) is 2. The molecular weight excluding hydrogens is 273 g/mol. The molecular formula is C16H16FNO3. The van der Waals surface area contributed by atoms with E-state index < -0.39 is 17.5 Å². The third kappa shape index (κ3) is 2.97. The summed E-state index contributed by atoms with van der Waals surface area (Å²) in [5.41, 5.74) is 1.37. The number of nitrogens with zero attached hydrogens (tertiary/aromatic N) is 1. The first kappa shape index (κ1) is 14.8. The summed E-state index contributed by atoms with van der Waals surface area (Å²) in [7, 11) is 0. The predicted molar refractivity (Wildman–Crippen MR) is 78.3 cm³/mol. The summed E-state index contributed by atoms with van der Waals surface area (Å²) >= 11 is 0. The van der Waals surface area contributed by atoms with Gasteiger partial charge in [0.1, 0.15) is 17.3 Å². The number of halogens is 1. The number of benzene rings is 2. The normalized spacial score (nSPS) is 10.4. The maximum atomic E-state index is 13.0. The molecule has 21 heavy (non-hydrogen) atoms. The van der Waals surface area contributed by atoms with Gasteiger partial charge in [-0.3, -0.25) is 4.79 Å². The Kier molecular flexibility index (Phi) is 4.12. The van der Waals surface area contributed by atoms with E-state index in [0.717, 1.165) is 17.7 Å². The van der Waals surface area contributed by atoms with Crippen LogP contribution in [0.1, 0.15) is 22.8 Å². The minimum atomic E-state index is -0.611. The van der Waals surface area contributed by atoms with Crippen molar-refractivity contribution in [3.8, 4) is 11.5 Å². The van der Waals surface area contributed by atoms with Gasteiger partial charge in [0.15, 0.2) is 0 Å². The molecule has 0 spiro atoms. The van der Waals surface area contributed by atoms with Gasteiger partial charge in [-0.05, 0) is 37.6 Å². The van der Waals surface area contributed by atoms with Gasteiger partial charge in [0.25, 0.3) is 5.91 Å². The molecule has 0 heterocycles. The van der Waals surface area contributed by atoms with Crippen LogP contribution in [0.15, 0.2) is 36.4 Å². The first-order valence-corrected chi connectivity index (χ1v) is 6.54. The van der Waals surface area contributed by atoms with Crippen molar-refractivity contribution in [2.24, 2.45) is 0 Å². The van der Waals surface area contributed by atoms with Crippen LogP contribution in [0.2, 0.25) is 0 Å². The molecule has 0 atom stereocenters. The Labute approximate surface area is 122 Å². The lowest BCUT2D eigenvalue weighted by atomic mass is 10.1. The van der Waals surface area contributed by atoms with Gasteiger partial charge in [0.05, 0.1) is 11.3 Å². The van der Waals surface area contributed by atoms with Gasteiger partial charge in [0, 0.05) is 18.7 Å². The van der Waals surface area contributed by atoms with Gasteiger partial charge < -0.3 is 15.1 Å². The van der Waals surface area contributed by atoms with Crippen molar-refractivity contribution >= 4 is 11.6 Å². The lowest BCUT2D eigenvalue weighted by Gasteiger charge is -2.23. The molecule has 1 amide bonds. The number of amides is 1. The summed E-state index contributed by atoms with van der Waals surface area (Å²) in [4.78, 5) is 14.0. The summed E-state index contributed by atoms with van der Waals surface area (Å²) in [5.74, 6) is -1.43. The number of rotatable bonds is 3. The van der Waals surface area contributed by atoms with Crippen LogP contribution in [0.5, 0.6) is 11.5 Å². The molecule has 110 valence electrons. The smallest absolute Gasteiger partial charge is 0.262 e. The molecule has 0 unspecified atom stereocenters. The van der Waals surface area contributed by atoms with Crippen LogP contribution in [0.4, 0.5) is 10.1 Å². The number of aryl methyl sites for hydroxylation is 1. The number of phenols is 2. The van der Waals surface area contributed by atoms with Gasteiger partial charge in [0.2, 0.25) is 0 Å². The van der Waals surface area contributed by atoms with Crippen LogP contribution < -0.4 is 4.90 Å². The molecule has 0 bridgehead atoms. The number of carbonyl (C=O) groups is 1. The first-order chi connectivity index (χ1) is 9.93. The zero-order chi connectivity index (χ0) is 15.6. The van der Waals surface area contributed by atoms with Crippen LogP contribution in [0, 0.1) is 12.7 Å². The van der Waals surface area contributed by atoms with Gasteiger partial charge in [-0.15, -0.1) is 0 Å². The van der Waals surface area contributed by atoms with Gasteiger partial charge in [-0.2, -0.15) is 0 Å². The summed E-state index contributed by atoms with van der Waals surface area (Å²) in [6.45, 7) is 3.94. The van der Waals surface area contributed by atoms with Crippen molar-refractivity contribution < 1.29 is 19.4 Å². The lowest BCUT2D eigenvalue weighted by Crippen LogP contribution is -2.31. The van der Waals surface area contributed by atoms with E-state index in [0.29, 0.717) is 12.2 Å². The molecule has 2 rings (SSSR count). The number of anilines is 1. The fourth-order valence-electron chi connectivity index (χ4n) is 2.14. The third-order valence-electron chi connectivity index (χ3n) is 3.24. The van der Waals surface area contributed by atoms with E-state index in [2.05, 4.69) is 0 Å². The highest BCUT2D eigenvalue weighted by molar-refractivity contribution is 6.08. The Morgan fingerprint density at radius 1 is 1.19 bits per heavy atom. The fourth-order valence-corrected chi connectivity index (χ4v) is 2.14. The van der Waals surface area contributed by atoms with E-state index in [1.165, 1.54) is 23.1 Å². The van der Waals surface area contributed by atoms with Crippen molar-refractivity contribution in [1.82, 2.24) is 0 Å². The molecule has 0 saturated heterocycles. The molecule has 0 saturated carbocycles. The first-order valence-electron chi connectivity index (χ1n) is 6.54. The zero-order valence-corrected chi connectivity index (χ0v) is 11.8. The minimum Gasteiger partial charge on any atom is -0.508 e. The molecule has 2 aromatic rings. The molecule has 0 aliphatic heterocycles. The van der Waals surface area contributed by atoms with Crippen molar-refractivity contribution in [2.75, 3.05) is 11.4 Å². The average molecular weight is 289 g/mol. The molecule has 0 aromatic heterocycles. The molecule has 2 N–H and O–H groups in total. The van der Waals surface area contributed by atoms with Crippen molar-refractivity contribution in [2.45, 2.75) is 13.8 Å². The Morgan fingerprint density at radius 2 is 1.90 bits per heavy atom. The van der Waals surface area contributed by atoms with E-state index >= 15 is 0 Å². The number of hydrogen-bond acceptors (Lipinski definition) is 3. The predicted octanol–water partition coefficient (Wildman–Crippen LogP) is 3.21. The number of phenolic OH excluding ortho intramolecular Hbond substituents is 2. The molecule has 2 aromatic carbocycles. The van der Waals surface area contributed by atoms with Crippen LogP contribution in [0.25, 0.3) is 0 Å². The Hall–Kier alpha value is -2.56. The molecule has 0 radical (unpaired) electrons. The number of aromatic hydroxyl groups is 2. The topological polar surface area (TPSA) is 60.8 Å². The van der Waals surface area contributed by atoms with Crippen LogP contribution in [-0.4, -0.2) is 22.7 Å². The van der Waals surface area contributed by atoms with Gasteiger partial charge >= 0.3 is 0 Å². The zero-order valence-electron chi connectivity index (χ0n) is 11.8. The maximum Gasteiger partial charge on any atom is 0.262 e. The SMILES string of the molecule is CCN(C(=O)c1ccc(F)cc1O)c1cc(O)ccc1C. The third-order valence-corrected chi connectivity index (χ3v) is 3.24. The monoisotopic (exact) mass is 289 g/mol. The van der Waals surface area contributed by atoms with Crippen molar-refractivity contribution in [3.63, 3.8) is 0 Å². The maximum absolute atomic E-state index is 13.0. The minimum absolute atomic E-state index is 0.0148. The Balaban J connectivity index is 2.45. The molecule has 0 fully saturated rings. The van der Waals surface area contributed by atoms with Crippen molar-refractivity contribution in [1.29, 1.82) is 0 Å².